The van der Waals surface area contributed by atoms with E-state index in [9.17, 15) is 0 Å². The predicted molar refractivity (Wildman–Crippen MR) is 69.3 cm³/mol. The van der Waals surface area contributed by atoms with Crippen molar-refractivity contribution in [2.75, 3.05) is 0 Å². The first-order valence-electron chi connectivity index (χ1n) is 6.02. The molecule has 0 fully saturated rings. The van der Waals surface area contributed by atoms with Gasteiger partial charge in [-0.15, -0.1) is 11.3 Å². The van der Waals surface area contributed by atoms with Crippen LogP contribution in [0.15, 0.2) is 17.5 Å². The van der Waals surface area contributed by atoms with Crippen LogP contribution in [0.2, 0.25) is 0 Å². The summed E-state index contributed by atoms with van der Waals surface area (Å²) in [6.45, 7) is 7.92. The van der Waals surface area contributed by atoms with Gasteiger partial charge in [0.2, 0.25) is 0 Å². The van der Waals surface area contributed by atoms with Gasteiger partial charge in [-0.1, -0.05) is 33.3 Å². The van der Waals surface area contributed by atoms with Crippen LogP contribution in [0.5, 0.6) is 0 Å². The second-order valence-electron chi connectivity index (χ2n) is 4.31. The number of nitrogens with one attached hydrogen (secondary N) is 1. The Morgan fingerprint density at radius 2 is 2.13 bits per heavy atom. The normalized spacial score (nSPS) is 15.1. The molecule has 0 aliphatic heterocycles. The van der Waals surface area contributed by atoms with E-state index in [1.165, 1.54) is 24.1 Å². The van der Waals surface area contributed by atoms with E-state index in [0.29, 0.717) is 6.04 Å². The molecule has 0 bridgehead atoms. The van der Waals surface area contributed by atoms with Crippen molar-refractivity contribution >= 4 is 11.3 Å². The fourth-order valence-corrected chi connectivity index (χ4v) is 2.36. The number of thiophene rings is 1. The Kier molecular flexibility index (Phi) is 5.96. The second kappa shape index (κ2) is 7.02. The maximum absolute atomic E-state index is 3.65. The van der Waals surface area contributed by atoms with E-state index >= 15 is 0 Å². The van der Waals surface area contributed by atoms with E-state index in [0.717, 1.165) is 12.5 Å². The molecule has 15 heavy (non-hydrogen) atoms. The molecule has 0 saturated heterocycles. The fraction of sp³-hybridized carbons (Fsp3) is 0.692. The summed E-state index contributed by atoms with van der Waals surface area (Å²) in [7, 11) is 0. The summed E-state index contributed by atoms with van der Waals surface area (Å²) >= 11 is 1.84. The van der Waals surface area contributed by atoms with Crippen molar-refractivity contribution < 1.29 is 0 Å². The smallest absolute Gasteiger partial charge is 0.0302 e. The van der Waals surface area contributed by atoms with Gasteiger partial charge in [0.1, 0.15) is 0 Å². The van der Waals surface area contributed by atoms with Gasteiger partial charge in [0.15, 0.2) is 0 Å². The molecule has 0 saturated carbocycles. The minimum Gasteiger partial charge on any atom is -0.309 e. The number of hydrogen-bond donors (Lipinski definition) is 1. The number of rotatable bonds is 7. The summed E-state index contributed by atoms with van der Waals surface area (Å²) in [6.07, 6.45) is 3.82. The molecule has 1 nitrogen and oxygen atoms in total. The van der Waals surface area contributed by atoms with Crippen molar-refractivity contribution in [1.29, 1.82) is 0 Å². The van der Waals surface area contributed by atoms with Crippen LogP contribution < -0.4 is 5.32 Å². The highest BCUT2D eigenvalue weighted by Gasteiger charge is 2.09. The molecule has 1 aromatic rings. The lowest BCUT2D eigenvalue weighted by Gasteiger charge is -2.19. The lowest BCUT2D eigenvalue weighted by molar-refractivity contribution is 0.385. The summed E-state index contributed by atoms with van der Waals surface area (Å²) < 4.78 is 0. The Hall–Kier alpha value is -0.340. The molecular weight excluding hydrogens is 202 g/mol. The molecule has 2 unspecified atom stereocenters. The van der Waals surface area contributed by atoms with E-state index < -0.39 is 0 Å². The third-order valence-corrected chi connectivity index (χ3v) is 3.90. The Morgan fingerprint density at radius 1 is 1.33 bits per heavy atom. The largest absolute Gasteiger partial charge is 0.309 e. The highest BCUT2D eigenvalue weighted by molar-refractivity contribution is 7.09. The average Bonchev–Trinajstić information content (AvgIpc) is 2.76. The summed E-state index contributed by atoms with van der Waals surface area (Å²) in [5.41, 5.74) is 0. The monoisotopic (exact) mass is 225 g/mol. The molecule has 1 aromatic heterocycles. The number of hydrogen-bond acceptors (Lipinski definition) is 2. The summed E-state index contributed by atoms with van der Waals surface area (Å²) in [5.74, 6) is 0.839. The summed E-state index contributed by atoms with van der Waals surface area (Å²) in [5, 5.41) is 5.79. The maximum Gasteiger partial charge on any atom is 0.0302 e. The Morgan fingerprint density at radius 3 is 2.67 bits per heavy atom. The first-order valence-corrected chi connectivity index (χ1v) is 6.90. The topological polar surface area (TPSA) is 12.0 Å². The first kappa shape index (κ1) is 12.7. The van der Waals surface area contributed by atoms with Crippen molar-refractivity contribution in [1.82, 2.24) is 5.32 Å². The fourth-order valence-electron chi connectivity index (χ4n) is 1.70. The van der Waals surface area contributed by atoms with Gasteiger partial charge in [-0.25, -0.2) is 0 Å². The van der Waals surface area contributed by atoms with E-state index in [-0.39, 0.29) is 0 Å². The van der Waals surface area contributed by atoms with Gasteiger partial charge < -0.3 is 5.32 Å². The summed E-state index contributed by atoms with van der Waals surface area (Å²) in [4.78, 5) is 1.44. The third-order valence-electron chi connectivity index (χ3n) is 3.02. The van der Waals surface area contributed by atoms with Crippen molar-refractivity contribution in [3.05, 3.63) is 22.4 Å². The van der Waals surface area contributed by atoms with Gasteiger partial charge in [-0.2, -0.15) is 0 Å². The minimum atomic E-state index is 0.682. The van der Waals surface area contributed by atoms with Crippen LogP contribution in [-0.4, -0.2) is 6.04 Å². The SMILES string of the molecule is CCC(C)CC(CC)NCc1cccs1. The van der Waals surface area contributed by atoms with Crippen molar-refractivity contribution in [2.45, 2.75) is 52.6 Å². The average molecular weight is 225 g/mol. The van der Waals surface area contributed by atoms with Crippen LogP contribution in [-0.2, 0) is 6.54 Å². The standard InChI is InChI=1S/C13H23NS/c1-4-11(3)9-12(5-2)14-10-13-7-6-8-15-13/h6-8,11-12,14H,4-5,9-10H2,1-3H3. The molecule has 1 rings (SSSR count). The van der Waals surface area contributed by atoms with E-state index in [2.05, 4.69) is 43.6 Å². The van der Waals surface area contributed by atoms with E-state index in [1.54, 1.807) is 0 Å². The van der Waals surface area contributed by atoms with Crippen LogP contribution in [0.1, 0.15) is 44.9 Å². The molecule has 0 amide bonds. The molecule has 0 aliphatic carbocycles. The van der Waals surface area contributed by atoms with Gasteiger partial charge in [0.25, 0.3) is 0 Å². The first-order chi connectivity index (χ1) is 7.26. The molecule has 2 atom stereocenters. The lowest BCUT2D eigenvalue weighted by Crippen LogP contribution is -2.29. The molecule has 0 radical (unpaired) electrons. The van der Waals surface area contributed by atoms with Crippen LogP contribution in [0.4, 0.5) is 0 Å². The zero-order valence-corrected chi connectivity index (χ0v) is 10.9. The van der Waals surface area contributed by atoms with Gasteiger partial charge >= 0.3 is 0 Å². The molecule has 0 aliphatic rings. The van der Waals surface area contributed by atoms with E-state index in [4.69, 9.17) is 0 Å². The predicted octanol–water partition coefficient (Wildman–Crippen LogP) is 4.05. The van der Waals surface area contributed by atoms with Crippen LogP contribution >= 0.6 is 11.3 Å². The van der Waals surface area contributed by atoms with Crippen molar-refractivity contribution in [3.8, 4) is 0 Å². The maximum atomic E-state index is 3.65. The highest BCUT2D eigenvalue weighted by atomic mass is 32.1. The Balaban J connectivity index is 2.27. The highest BCUT2D eigenvalue weighted by Crippen LogP contribution is 2.14. The van der Waals surface area contributed by atoms with Gasteiger partial charge in [-0.05, 0) is 30.2 Å². The van der Waals surface area contributed by atoms with Gasteiger partial charge in [-0.3, -0.25) is 0 Å². The summed E-state index contributed by atoms with van der Waals surface area (Å²) in [6, 6.07) is 5.01. The molecule has 2 heteroatoms. The quantitative estimate of drug-likeness (QED) is 0.738. The third kappa shape index (κ3) is 4.80. The molecule has 1 N–H and O–H groups in total. The molecule has 86 valence electrons. The molecule has 0 spiro atoms. The molecule has 0 aromatic carbocycles. The van der Waals surface area contributed by atoms with Crippen molar-refractivity contribution in [2.24, 2.45) is 5.92 Å². The Bertz CT molecular complexity index is 243. The second-order valence-corrected chi connectivity index (χ2v) is 5.35. The zero-order valence-electron chi connectivity index (χ0n) is 10.1. The van der Waals surface area contributed by atoms with Crippen LogP contribution in [0, 0.1) is 5.92 Å². The lowest BCUT2D eigenvalue weighted by atomic mass is 9.98. The molecule has 1 heterocycles. The Labute approximate surface area is 97.9 Å². The van der Waals surface area contributed by atoms with Crippen LogP contribution in [0.25, 0.3) is 0 Å². The van der Waals surface area contributed by atoms with Gasteiger partial charge in [0, 0.05) is 17.5 Å². The van der Waals surface area contributed by atoms with E-state index in [1.807, 2.05) is 11.3 Å². The zero-order chi connectivity index (χ0) is 11.1. The minimum absolute atomic E-state index is 0.682. The van der Waals surface area contributed by atoms with Crippen LogP contribution in [0.3, 0.4) is 0 Å². The van der Waals surface area contributed by atoms with Crippen molar-refractivity contribution in [3.63, 3.8) is 0 Å². The van der Waals surface area contributed by atoms with Gasteiger partial charge in [0.05, 0.1) is 0 Å². The molecular formula is C13H23NS.